The second kappa shape index (κ2) is 5.93. The van der Waals surface area contributed by atoms with Gasteiger partial charge in [-0.15, -0.1) is 11.8 Å². The fraction of sp³-hybridized carbons (Fsp3) is 0.188. The molecule has 3 heteroatoms. The molecule has 0 aliphatic rings. The topological polar surface area (TPSA) is 37.3 Å². The Morgan fingerprint density at radius 2 is 1.79 bits per heavy atom. The highest BCUT2D eigenvalue weighted by Gasteiger charge is 2.04. The molecular formula is C16H16O2S. The third kappa shape index (κ3) is 3.86. The molecule has 0 aliphatic carbocycles. The zero-order valence-corrected chi connectivity index (χ0v) is 11.8. The van der Waals surface area contributed by atoms with Crippen LogP contribution in [0.5, 0.6) is 0 Å². The number of carboxylic acid groups (broad SMARTS) is 1. The van der Waals surface area contributed by atoms with E-state index in [0.717, 1.165) is 10.6 Å². The van der Waals surface area contributed by atoms with Gasteiger partial charge in [0.2, 0.25) is 0 Å². The van der Waals surface area contributed by atoms with Crippen LogP contribution in [0.1, 0.15) is 27.0 Å². The number of benzene rings is 2. The van der Waals surface area contributed by atoms with Crippen molar-refractivity contribution >= 4 is 17.7 Å². The van der Waals surface area contributed by atoms with Crippen LogP contribution in [-0.4, -0.2) is 11.1 Å². The van der Waals surface area contributed by atoms with Crippen molar-refractivity contribution in [1.29, 1.82) is 0 Å². The van der Waals surface area contributed by atoms with Gasteiger partial charge in [-0.05, 0) is 37.6 Å². The van der Waals surface area contributed by atoms with Crippen LogP contribution in [0.4, 0.5) is 0 Å². The summed E-state index contributed by atoms with van der Waals surface area (Å²) in [5.74, 6) is -0.0279. The van der Waals surface area contributed by atoms with Gasteiger partial charge in [-0.25, -0.2) is 4.79 Å². The van der Waals surface area contributed by atoms with Gasteiger partial charge in [-0.2, -0.15) is 0 Å². The maximum atomic E-state index is 10.9. The second-order valence-electron chi connectivity index (χ2n) is 4.62. The highest BCUT2D eigenvalue weighted by Crippen LogP contribution is 2.24. The fourth-order valence-electron chi connectivity index (χ4n) is 2.04. The lowest BCUT2D eigenvalue weighted by atomic mass is 10.1. The third-order valence-corrected chi connectivity index (χ3v) is 3.83. The highest BCUT2D eigenvalue weighted by atomic mass is 32.2. The number of hydrogen-bond donors (Lipinski definition) is 1. The van der Waals surface area contributed by atoms with Gasteiger partial charge in [0, 0.05) is 10.6 Å². The van der Waals surface area contributed by atoms with Gasteiger partial charge in [-0.1, -0.05) is 35.4 Å². The summed E-state index contributed by atoms with van der Waals surface area (Å²) >= 11 is 1.66. The monoisotopic (exact) mass is 272 g/mol. The fourth-order valence-corrected chi connectivity index (χ4v) is 2.92. The summed E-state index contributed by atoms with van der Waals surface area (Å²) < 4.78 is 0. The van der Waals surface area contributed by atoms with Crippen LogP contribution >= 0.6 is 11.8 Å². The first-order chi connectivity index (χ1) is 9.04. The molecule has 0 radical (unpaired) electrons. The number of thioether (sulfide) groups is 1. The van der Waals surface area contributed by atoms with E-state index in [-0.39, 0.29) is 0 Å². The van der Waals surface area contributed by atoms with Crippen LogP contribution < -0.4 is 0 Å². The van der Waals surface area contributed by atoms with Crippen molar-refractivity contribution < 1.29 is 9.90 Å². The number of carboxylic acids is 1. The van der Waals surface area contributed by atoms with Crippen LogP contribution in [0.25, 0.3) is 0 Å². The van der Waals surface area contributed by atoms with Gasteiger partial charge in [-0.3, -0.25) is 0 Å². The average molecular weight is 272 g/mol. The van der Waals surface area contributed by atoms with Crippen LogP contribution in [0, 0.1) is 13.8 Å². The number of aryl methyl sites for hydroxylation is 2. The Labute approximate surface area is 117 Å². The largest absolute Gasteiger partial charge is 0.478 e. The summed E-state index contributed by atoms with van der Waals surface area (Å²) in [5, 5.41) is 8.96. The van der Waals surface area contributed by atoms with Crippen molar-refractivity contribution in [3.05, 3.63) is 64.7 Å². The van der Waals surface area contributed by atoms with Crippen molar-refractivity contribution in [2.45, 2.75) is 24.5 Å². The summed E-state index contributed by atoms with van der Waals surface area (Å²) in [6.45, 7) is 4.18. The third-order valence-electron chi connectivity index (χ3n) is 2.77. The summed E-state index contributed by atoms with van der Waals surface area (Å²) in [7, 11) is 0. The summed E-state index contributed by atoms with van der Waals surface area (Å²) in [6.07, 6.45) is 0. The molecule has 2 rings (SSSR count). The standard InChI is InChI=1S/C16H16O2S/c1-11-6-12(2)8-13(7-11)10-19-15-5-3-4-14(9-15)16(17)18/h3-9H,10H2,1-2H3,(H,17,18). The van der Waals surface area contributed by atoms with Gasteiger partial charge in [0.15, 0.2) is 0 Å². The van der Waals surface area contributed by atoms with Gasteiger partial charge >= 0.3 is 5.97 Å². The van der Waals surface area contributed by atoms with E-state index in [4.69, 9.17) is 5.11 Å². The zero-order chi connectivity index (χ0) is 13.8. The minimum absolute atomic E-state index is 0.338. The molecule has 98 valence electrons. The quantitative estimate of drug-likeness (QED) is 0.843. The first-order valence-corrected chi connectivity index (χ1v) is 7.06. The molecule has 1 N–H and O–H groups in total. The molecule has 0 aromatic heterocycles. The van der Waals surface area contributed by atoms with E-state index >= 15 is 0 Å². The minimum atomic E-state index is -0.881. The molecule has 2 aromatic carbocycles. The molecule has 0 atom stereocenters. The number of aromatic carboxylic acids is 1. The second-order valence-corrected chi connectivity index (χ2v) is 5.67. The molecule has 0 fully saturated rings. The summed E-state index contributed by atoms with van der Waals surface area (Å²) in [4.78, 5) is 11.9. The van der Waals surface area contributed by atoms with Gasteiger partial charge < -0.3 is 5.11 Å². The SMILES string of the molecule is Cc1cc(C)cc(CSc2cccc(C(=O)O)c2)c1. The Balaban J connectivity index is 2.10. The van der Waals surface area contributed by atoms with E-state index in [1.165, 1.54) is 16.7 Å². The maximum Gasteiger partial charge on any atom is 0.335 e. The smallest absolute Gasteiger partial charge is 0.335 e. The van der Waals surface area contributed by atoms with Crippen LogP contribution in [0.15, 0.2) is 47.4 Å². The first kappa shape index (κ1) is 13.7. The Morgan fingerprint density at radius 3 is 2.42 bits per heavy atom. The lowest BCUT2D eigenvalue weighted by Crippen LogP contribution is -1.95. The molecular weight excluding hydrogens is 256 g/mol. The van der Waals surface area contributed by atoms with Crippen molar-refractivity contribution in [1.82, 2.24) is 0 Å². The van der Waals surface area contributed by atoms with Crippen molar-refractivity contribution in [3.63, 3.8) is 0 Å². The van der Waals surface area contributed by atoms with Crippen LogP contribution in [0.3, 0.4) is 0 Å². The molecule has 0 bridgehead atoms. The Morgan fingerprint density at radius 1 is 1.11 bits per heavy atom. The molecule has 0 aliphatic heterocycles. The van der Waals surface area contributed by atoms with E-state index in [9.17, 15) is 4.79 Å². The van der Waals surface area contributed by atoms with E-state index in [2.05, 4.69) is 32.0 Å². The Bertz CT molecular complexity index is 585. The highest BCUT2D eigenvalue weighted by molar-refractivity contribution is 7.98. The lowest BCUT2D eigenvalue weighted by Gasteiger charge is -2.06. The molecule has 0 unspecified atom stereocenters. The van der Waals surface area contributed by atoms with Crippen LogP contribution in [-0.2, 0) is 5.75 Å². The van der Waals surface area contributed by atoms with Crippen LogP contribution in [0.2, 0.25) is 0 Å². The molecule has 2 aromatic rings. The van der Waals surface area contributed by atoms with Crippen molar-refractivity contribution in [3.8, 4) is 0 Å². The summed E-state index contributed by atoms with van der Waals surface area (Å²) in [5.41, 5.74) is 4.12. The molecule has 0 saturated heterocycles. The van der Waals surface area contributed by atoms with Gasteiger partial charge in [0.05, 0.1) is 5.56 Å². The zero-order valence-electron chi connectivity index (χ0n) is 11.0. The van der Waals surface area contributed by atoms with E-state index in [1.54, 1.807) is 30.0 Å². The molecule has 0 saturated carbocycles. The van der Waals surface area contributed by atoms with E-state index < -0.39 is 5.97 Å². The molecule has 2 nitrogen and oxygen atoms in total. The average Bonchev–Trinajstić information content (AvgIpc) is 2.35. The molecule has 0 amide bonds. The number of carbonyl (C=O) groups is 1. The minimum Gasteiger partial charge on any atom is -0.478 e. The maximum absolute atomic E-state index is 10.9. The van der Waals surface area contributed by atoms with E-state index in [0.29, 0.717) is 5.56 Å². The molecule has 0 heterocycles. The predicted octanol–water partition coefficient (Wildman–Crippen LogP) is 4.29. The van der Waals surface area contributed by atoms with Gasteiger partial charge in [0.1, 0.15) is 0 Å². The van der Waals surface area contributed by atoms with Gasteiger partial charge in [0.25, 0.3) is 0 Å². The van der Waals surface area contributed by atoms with Crippen molar-refractivity contribution in [2.24, 2.45) is 0 Å². The lowest BCUT2D eigenvalue weighted by molar-refractivity contribution is 0.0696. The molecule has 0 spiro atoms. The van der Waals surface area contributed by atoms with E-state index in [1.807, 2.05) is 6.07 Å². The summed E-state index contributed by atoms with van der Waals surface area (Å²) in [6, 6.07) is 13.5. The number of rotatable bonds is 4. The Kier molecular flexibility index (Phi) is 4.27. The number of hydrogen-bond acceptors (Lipinski definition) is 2. The first-order valence-electron chi connectivity index (χ1n) is 6.08. The van der Waals surface area contributed by atoms with Crippen molar-refractivity contribution in [2.75, 3.05) is 0 Å². The Hall–Kier alpha value is -1.74. The normalized spacial score (nSPS) is 10.4. The molecule has 19 heavy (non-hydrogen) atoms. The predicted molar refractivity (Wildman–Crippen MR) is 78.9 cm³/mol.